The topological polar surface area (TPSA) is 71.7 Å². The van der Waals surface area contributed by atoms with Gasteiger partial charge in [-0.1, -0.05) is 47.3 Å². The van der Waals surface area contributed by atoms with Crippen molar-refractivity contribution in [2.75, 3.05) is 0 Å². The minimum absolute atomic E-state index is 0. The normalized spacial score (nSPS) is 12.7. The Balaban J connectivity index is 0.00000156. The zero-order chi connectivity index (χ0) is 15.3. The van der Waals surface area contributed by atoms with Gasteiger partial charge < -0.3 is 14.5 Å². The average molecular weight is 375 g/mol. The number of fused-ring (bicyclic) bond motifs is 2. The van der Waals surface area contributed by atoms with E-state index in [0.717, 1.165) is 4.57 Å². The van der Waals surface area contributed by atoms with Crippen LogP contribution in [-0.2, 0) is 4.79 Å². The summed E-state index contributed by atoms with van der Waals surface area (Å²) in [6, 6.07) is 13.9. The molecular weight excluding hydrogens is 366 g/mol. The fourth-order valence-corrected chi connectivity index (χ4v) is 2.78. The molecule has 1 aliphatic rings. The third-order valence-electron chi connectivity index (χ3n) is 3.77. The third-order valence-corrected chi connectivity index (χ3v) is 3.77. The van der Waals surface area contributed by atoms with Crippen LogP contribution in [0.15, 0.2) is 53.5 Å². The van der Waals surface area contributed by atoms with Gasteiger partial charge in [-0.05, 0) is 12.1 Å². The number of hydrogen-bond acceptors (Lipinski definition) is 4. The molecule has 6 heteroatoms. The van der Waals surface area contributed by atoms with Crippen molar-refractivity contribution in [1.82, 2.24) is 4.57 Å². The summed E-state index contributed by atoms with van der Waals surface area (Å²) in [7, 11) is 0. The van der Waals surface area contributed by atoms with Gasteiger partial charge in [0.05, 0.1) is 11.6 Å². The molecular formula is C17H9N2O3Rb. The van der Waals surface area contributed by atoms with Crippen LogP contribution in [0.25, 0.3) is 10.9 Å². The van der Waals surface area contributed by atoms with E-state index in [9.17, 15) is 14.7 Å². The Kier molecular flexibility index (Phi) is 4.46. The summed E-state index contributed by atoms with van der Waals surface area (Å²) >= 11 is 0. The van der Waals surface area contributed by atoms with E-state index in [-0.39, 0.29) is 81.1 Å². The molecule has 1 aromatic heterocycles. The second kappa shape index (κ2) is 6.24. The second-order valence-electron chi connectivity index (χ2n) is 4.95. The Morgan fingerprint density at radius 2 is 1.74 bits per heavy atom. The Labute approximate surface area is 180 Å². The number of aromatic hydroxyl groups is 1. The maximum atomic E-state index is 12.5. The van der Waals surface area contributed by atoms with Crippen LogP contribution >= 0.6 is 0 Å². The number of ketones is 1. The quantitative estimate of drug-likeness (QED) is 0.620. The average Bonchev–Trinajstić information content (AvgIpc) is 3.01. The summed E-state index contributed by atoms with van der Waals surface area (Å²) in [5.74, 6) is -0.587. The molecule has 3 aromatic rings. The Morgan fingerprint density at radius 1 is 1.04 bits per heavy atom. The van der Waals surface area contributed by atoms with Crippen LogP contribution < -0.4 is 58.2 Å². The molecule has 5 nitrogen and oxygen atoms in total. The number of carbonyl (C=O) groups excluding carboxylic acids is 2. The van der Waals surface area contributed by atoms with Crippen LogP contribution in [0.3, 0.4) is 0 Å². The summed E-state index contributed by atoms with van der Waals surface area (Å²) < 4.78 is 0.990. The van der Waals surface area contributed by atoms with E-state index in [1.165, 1.54) is 0 Å². The minimum Gasteiger partial charge on any atom is -0.550 e. The van der Waals surface area contributed by atoms with Crippen LogP contribution in [0.5, 0.6) is 5.88 Å². The molecule has 2 heterocycles. The molecule has 23 heavy (non-hydrogen) atoms. The molecule has 106 valence electrons. The molecule has 0 saturated heterocycles. The van der Waals surface area contributed by atoms with Crippen LogP contribution in [0.2, 0.25) is 0 Å². The van der Waals surface area contributed by atoms with Crippen molar-refractivity contribution in [3.05, 3.63) is 59.7 Å². The van der Waals surface area contributed by atoms with Crippen molar-refractivity contribution in [2.45, 2.75) is 0 Å². The first-order valence-electron chi connectivity index (χ1n) is 6.65. The first kappa shape index (κ1) is 16.5. The summed E-state index contributed by atoms with van der Waals surface area (Å²) in [6.45, 7) is 0. The number of aliphatic imine (C=N–C) groups is 1. The van der Waals surface area contributed by atoms with Gasteiger partial charge in [-0.25, -0.2) is 4.99 Å². The van der Waals surface area contributed by atoms with Gasteiger partial charge in [0.1, 0.15) is 5.71 Å². The number of rotatable bonds is 2. The summed E-state index contributed by atoms with van der Waals surface area (Å²) in [6.07, 6.45) is 1.67. The number of Topliss-reactive ketones (excluding diaryl/α,β-unsaturated/α-hetero) is 1. The predicted molar refractivity (Wildman–Crippen MR) is 81.7 cm³/mol. The standard InChI is InChI=1S/C17H9N2O3.Rb/c20-9-19-13-8-4-2-6-11(13)14(17(19)22)15-16(21)10-5-1-3-7-12(10)18-15;/h1-8,22H;/q-1;+1. The predicted octanol–water partition coefficient (Wildman–Crippen LogP) is -0.417. The summed E-state index contributed by atoms with van der Waals surface area (Å²) in [5, 5.41) is 10.9. The van der Waals surface area contributed by atoms with E-state index in [1.807, 2.05) is 0 Å². The molecule has 0 amide bonds. The van der Waals surface area contributed by atoms with Gasteiger partial charge in [-0.3, -0.25) is 4.79 Å². The van der Waals surface area contributed by atoms with Crippen LogP contribution in [0.4, 0.5) is 5.69 Å². The molecule has 0 aliphatic carbocycles. The Bertz CT molecular complexity index is 989. The van der Waals surface area contributed by atoms with Crippen LogP contribution in [0.1, 0.15) is 15.9 Å². The first-order valence-corrected chi connectivity index (χ1v) is 6.65. The van der Waals surface area contributed by atoms with Crippen molar-refractivity contribution < 1.29 is 72.9 Å². The summed E-state index contributed by atoms with van der Waals surface area (Å²) in [5.41, 5.74) is 1.94. The van der Waals surface area contributed by atoms with Crippen molar-refractivity contribution in [1.29, 1.82) is 0 Å². The van der Waals surface area contributed by atoms with E-state index >= 15 is 0 Å². The molecule has 0 atom stereocenters. The Morgan fingerprint density at radius 3 is 2.48 bits per heavy atom. The van der Waals surface area contributed by atoms with Crippen molar-refractivity contribution in [3.63, 3.8) is 0 Å². The van der Waals surface area contributed by atoms with Gasteiger partial charge in [-0.2, -0.15) is 0 Å². The Hall–Kier alpha value is -1.40. The van der Waals surface area contributed by atoms with Gasteiger partial charge >= 0.3 is 58.2 Å². The number of hydrogen-bond donors (Lipinski definition) is 1. The molecule has 1 N–H and O–H groups in total. The minimum atomic E-state index is -0.323. The van der Waals surface area contributed by atoms with Gasteiger partial charge in [0.15, 0.2) is 6.41 Å². The number of aromatic nitrogens is 1. The fraction of sp³-hybridized carbons (Fsp3) is 0. The maximum Gasteiger partial charge on any atom is 1.00 e. The van der Waals surface area contributed by atoms with Gasteiger partial charge in [0.2, 0.25) is 5.78 Å². The second-order valence-corrected chi connectivity index (χ2v) is 4.95. The van der Waals surface area contributed by atoms with Crippen LogP contribution in [-0.4, -0.2) is 27.6 Å². The molecule has 0 fully saturated rings. The monoisotopic (exact) mass is 374 g/mol. The molecule has 0 radical (unpaired) electrons. The zero-order valence-corrected chi connectivity index (χ0v) is 17.2. The first-order chi connectivity index (χ1) is 10.7. The molecule has 0 saturated carbocycles. The molecule has 4 rings (SSSR count). The number of benzene rings is 2. The van der Waals surface area contributed by atoms with E-state index in [0.29, 0.717) is 22.2 Å². The van der Waals surface area contributed by atoms with Crippen molar-refractivity contribution >= 4 is 34.5 Å². The number of carbonyl (C=O) groups is 1. The van der Waals surface area contributed by atoms with E-state index in [2.05, 4.69) is 4.99 Å². The molecule has 0 unspecified atom stereocenters. The third kappa shape index (κ3) is 2.39. The molecule has 1 aliphatic heterocycles. The number of nitrogens with zero attached hydrogens (tertiary/aromatic N) is 2. The fourth-order valence-electron chi connectivity index (χ4n) is 2.78. The molecule has 0 bridgehead atoms. The zero-order valence-electron chi connectivity index (χ0n) is 12.3. The van der Waals surface area contributed by atoms with Gasteiger partial charge in [0.25, 0.3) is 0 Å². The maximum absolute atomic E-state index is 12.5. The van der Waals surface area contributed by atoms with E-state index in [4.69, 9.17) is 0 Å². The molecule has 0 spiro atoms. The van der Waals surface area contributed by atoms with Gasteiger partial charge in [-0.15, -0.1) is 0 Å². The van der Waals surface area contributed by atoms with Gasteiger partial charge in [0, 0.05) is 11.1 Å². The summed E-state index contributed by atoms with van der Waals surface area (Å²) in [4.78, 5) is 28.0. The largest absolute Gasteiger partial charge is 1.00 e. The number of para-hydroxylation sites is 2. The van der Waals surface area contributed by atoms with E-state index < -0.39 is 0 Å². The molecule has 2 aromatic carbocycles. The SMILES string of the molecule is O=[C-]n1c(O)c(C2=Nc3ccccc3C2=O)c2ccccc21.[Rb+]. The van der Waals surface area contributed by atoms with E-state index in [1.54, 1.807) is 54.9 Å². The van der Waals surface area contributed by atoms with Crippen LogP contribution in [0, 0.1) is 0 Å². The van der Waals surface area contributed by atoms with Crippen molar-refractivity contribution in [2.24, 2.45) is 4.99 Å². The smallest absolute Gasteiger partial charge is 0.550 e. The van der Waals surface area contributed by atoms with Crippen molar-refractivity contribution in [3.8, 4) is 5.88 Å².